The number of benzene rings is 1. The average Bonchev–Trinajstić information content (AvgIpc) is 2.64. The number of thiazole rings is 1. The lowest BCUT2D eigenvalue weighted by Gasteiger charge is -2.00. The van der Waals surface area contributed by atoms with E-state index in [2.05, 4.69) is 4.98 Å². The summed E-state index contributed by atoms with van der Waals surface area (Å²) in [4.78, 5) is 5.05. The van der Waals surface area contributed by atoms with Crippen molar-refractivity contribution in [2.45, 2.75) is 17.6 Å². The molecule has 0 aliphatic carbocycles. The monoisotopic (exact) mass is 252 g/mol. The summed E-state index contributed by atoms with van der Waals surface area (Å²) in [5.41, 5.74) is 7.26. The van der Waals surface area contributed by atoms with Gasteiger partial charge in [-0.3, -0.25) is 4.21 Å². The first-order chi connectivity index (χ1) is 7.65. The lowest BCUT2D eigenvalue weighted by molar-refractivity contribution is 0.682. The quantitative estimate of drug-likeness (QED) is 0.853. The van der Waals surface area contributed by atoms with Crippen molar-refractivity contribution in [3.05, 3.63) is 40.3 Å². The van der Waals surface area contributed by atoms with Crippen molar-refractivity contribution in [3.8, 4) is 0 Å². The van der Waals surface area contributed by atoms with Crippen molar-refractivity contribution in [3.63, 3.8) is 0 Å². The SMILES string of the molecule is Cc1csc(CS(=O)c2cccc(N)c2)n1. The fourth-order valence-corrected chi connectivity index (χ4v) is 3.42. The zero-order chi connectivity index (χ0) is 11.5. The van der Waals surface area contributed by atoms with Gasteiger partial charge in [0.2, 0.25) is 0 Å². The van der Waals surface area contributed by atoms with Gasteiger partial charge in [-0.15, -0.1) is 11.3 Å². The highest BCUT2D eigenvalue weighted by atomic mass is 32.2. The van der Waals surface area contributed by atoms with Crippen molar-refractivity contribution in [1.29, 1.82) is 0 Å². The van der Waals surface area contributed by atoms with Crippen molar-refractivity contribution < 1.29 is 4.21 Å². The van der Waals surface area contributed by atoms with Gasteiger partial charge < -0.3 is 5.73 Å². The van der Waals surface area contributed by atoms with E-state index in [-0.39, 0.29) is 0 Å². The third-order valence-corrected chi connectivity index (χ3v) is 4.51. The first kappa shape index (κ1) is 11.3. The smallest absolute Gasteiger partial charge is 0.106 e. The summed E-state index contributed by atoms with van der Waals surface area (Å²) in [6.07, 6.45) is 0. The molecule has 0 aliphatic heterocycles. The fraction of sp³-hybridized carbons (Fsp3) is 0.182. The molecular formula is C11H12N2OS2. The predicted octanol–water partition coefficient (Wildman–Crippen LogP) is 2.34. The van der Waals surface area contributed by atoms with Crippen LogP contribution in [0.2, 0.25) is 0 Å². The number of rotatable bonds is 3. The van der Waals surface area contributed by atoms with Crippen LogP contribution in [0.15, 0.2) is 34.5 Å². The van der Waals surface area contributed by atoms with Gasteiger partial charge in [-0.05, 0) is 25.1 Å². The number of anilines is 1. The summed E-state index contributed by atoms with van der Waals surface area (Å²) >= 11 is 1.54. The van der Waals surface area contributed by atoms with Gasteiger partial charge in [-0.2, -0.15) is 0 Å². The van der Waals surface area contributed by atoms with Crippen LogP contribution in [-0.2, 0) is 16.6 Å². The minimum atomic E-state index is -1.06. The Hall–Kier alpha value is -1.20. The van der Waals surface area contributed by atoms with Crippen molar-refractivity contribution in [2.24, 2.45) is 0 Å². The van der Waals surface area contributed by atoms with Crippen LogP contribution in [-0.4, -0.2) is 9.19 Å². The lowest BCUT2D eigenvalue weighted by atomic mass is 10.3. The van der Waals surface area contributed by atoms with Crippen LogP contribution in [0, 0.1) is 6.92 Å². The van der Waals surface area contributed by atoms with E-state index < -0.39 is 10.8 Å². The number of nitrogens with two attached hydrogens (primary N) is 1. The van der Waals surface area contributed by atoms with E-state index in [0.29, 0.717) is 11.4 Å². The summed E-state index contributed by atoms with van der Waals surface area (Å²) in [5.74, 6) is 0.460. The molecule has 1 aromatic carbocycles. The van der Waals surface area contributed by atoms with Gasteiger partial charge in [-0.1, -0.05) is 6.07 Å². The molecule has 0 saturated heterocycles. The van der Waals surface area contributed by atoms with E-state index in [0.717, 1.165) is 15.6 Å². The third-order valence-electron chi connectivity index (χ3n) is 2.04. The van der Waals surface area contributed by atoms with E-state index in [1.165, 1.54) is 0 Å². The largest absolute Gasteiger partial charge is 0.399 e. The standard InChI is InChI=1S/C11H12N2OS2/c1-8-6-15-11(13-8)7-16(14)10-4-2-3-9(12)5-10/h2-6H,7,12H2,1H3. The molecule has 16 heavy (non-hydrogen) atoms. The van der Waals surface area contributed by atoms with Crippen molar-refractivity contribution in [1.82, 2.24) is 4.98 Å². The molecule has 0 fully saturated rings. The van der Waals surface area contributed by atoms with Gasteiger partial charge in [0.25, 0.3) is 0 Å². The molecule has 0 amide bonds. The highest BCUT2D eigenvalue weighted by Crippen LogP contribution is 2.17. The minimum Gasteiger partial charge on any atom is -0.399 e. The first-order valence-corrected chi connectivity index (χ1v) is 7.00. The molecule has 2 N–H and O–H groups in total. The summed E-state index contributed by atoms with van der Waals surface area (Å²) < 4.78 is 12.0. The van der Waals surface area contributed by atoms with Crippen LogP contribution in [0.5, 0.6) is 0 Å². The molecular weight excluding hydrogens is 240 g/mol. The summed E-state index contributed by atoms with van der Waals surface area (Å²) in [7, 11) is -1.06. The second kappa shape index (κ2) is 4.76. The molecule has 0 bridgehead atoms. The van der Waals surface area contributed by atoms with Crippen LogP contribution < -0.4 is 5.73 Å². The zero-order valence-electron chi connectivity index (χ0n) is 8.84. The number of hydrogen-bond donors (Lipinski definition) is 1. The van der Waals surface area contributed by atoms with E-state index in [1.807, 2.05) is 24.4 Å². The summed E-state index contributed by atoms with van der Waals surface area (Å²) in [6.45, 7) is 1.93. The van der Waals surface area contributed by atoms with E-state index in [1.54, 1.807) is 23.5 Å². The van der Waals surface area contributed by atoms with Crippen LogP contribution in [0.3, 0.4) is 0 Å². The molecule has 0 saturated carbocycles. The number of aromatic nitrogens is 1. The van der Waals surface area contributed by atoms with Crippen molar-refractivity contribution in [2.75, 3.05) is 5.73 Å². The number of hydrogen-bond acceptors (Lipinski definition) is 4. The van der Waals surface area contributed by atoms with Crippen LogP contribution in [0.4, 0.5) is 5.69 Å². The van der Waals surface area contributed by atoms with Gasteiger partial charge in [0, 0.05) is 21.7 Å². The average molecular weight is 252 g/mol. The second-order valence-corrected chi connectivity index (χ2v) is 5.84. The molecule has 3 nitrogen and oxygen atoms in total. The Balaban J connectivity index is 2.14. The highest BCUT2D eigenvalue weighted by Gasteiger charge is 2.07. The second-order valence-electron chi connectivity index (χ2n) is 3.44. The Bertz CT molecular complexity index is 522. The van der Waals surface area contributed by atoms with Gasteiger partial charge in [0.05, 0.1) is 16.6 Å². The molecule has 1 atom stereocenters. The van der Waals surface area contributed by atoms with Gasteiger partial charge in [-0.25, -0.2) is 4.98 Å². The maximum absolute atomic E-state index is 12.0. The third kappa shape index (κ3) is 2.68. The van der Waals surface area contributed by atoms with E-state index in [4.69, 9.17) is 5.73 Å². The number of aryl methyl sites for hydroxylation is 1. The summed E-state index contributed by atoms with van der Waals surface area (Å²) in [6, 6.07) is 7.17. The molecule has 0 spiro atoms. The van der Waals surface area contributed by atoms with Crippen LogP contribution in [0.1, 0.15) is 10.7 Å². The Kier molecular flexibility index (Phi) is 3.36. The predicted molar refractivity (Wildman–Crippen MR) is 67.8 cm³/mol. The molecule has 1 heterocycles. The van der Waals surface area contributed by atoms with Crippen LogP contribution >= 0.6 is 11.3 Å². The van der Waals surface area contributed by atoms with Gasteiger partial charge in [0.15, 0.2) is 0 Å². The number of nitrogens with zero attached hydrogens (tertiary/aromatic N) is 1. The lowest BCUT2D eigenvalue weighted by Crippen LogP contribution is -1.97. The molecule has 2 rings (SSSR count). The topological polar surface area (TPSA) is 56.0 Å². The fourth-order valence-electron chi connectivity index (χ4n) is 1.32. The maximum atomic E-state index is 12.0. The molecule has 0 radical (unpaired) electrons. The van der Waals surface area contributed by atoms with Crippen LogP contribution in [0.25, 0.3) is 0 Å². The normalized spacial score (nSPS) is 12.6. The maximum Gasteiger partial charge on any atom is 0.106 e. The molecule has 1 unspecified atom stereocenters. The van der Waals surface area contributed by atoms with Gasteiger partial charge in [0.1, 0.15) is 5.01 Å². The molecule has 84 valence electrons. The Labute approximate surface area is 101 Å². The van der Waals surface area contributed by atoms with E-state index >= 15 is 0 Å². The highest BCUT2D eigenvalue weighted by molar-refractivity contribution is 7.84. The molecule has 1 aromatic heterocycles. The first-order valence-electron chi connectivity index (χ1n) is 4.80. The van der Waals surface area contributed by atoms with Crippen molar-refractivity contribution >= 4 is 27.8 Å². The Morgan fingerprint density at radius 1 is 1.50 bits per heavy atom. The molecule has 0 aliphatic rings. The van der Waals surface area contributed by atoms with E-state index in [9.17, 15) is 4.21 Å². The number of nitrogen functional groups attached to an aromatic ring is 1. The minimum absolute atomic E-state index is 0.460. The Morgan fingerprint density at radius 3 is 2.94 bits per heavy atom. The Morgan fingerprint density at radius 2 is 2.31 bits per heavy atom. The van der Waals surface area contributed by atoms with Gasteiger partial charge >= 0.3 is 0 Å². The molecule has 5 heteroatoms. The summed E-state index contributed by atoms with van der Waals surface area (Å²) in [5, 5.41) is 2.87. The molecule has 2 aromatic rings. The zero-order valence-corrected chi connectivity index (χ0v) is 10.5.